The summed E-state index contributed by atoms with van der Waals surface area (Å²) in [5.74, 6) is 0.278. The highest BCUT2D eigenvalue weighted by atomic mass is 79.9. The number of halogens is 1. The molecule has 1 aromatic heterocycles. The molecule has 1 aliphatic heterocycles. The average molecular weight is 294 g/mol. The Hall–Kier alpha value is -1.29. The first-order valence-electron chi connectivity index (χ1n) is 5.57. The van der Waals surface area contributed by atoms with Crippen LogP contribution in [-0.4, -0.2) is 14.5 Å². The third-order valence-corrected chi connectivity index (χ3v) is 3.98. The van der Waals surface area contributed by atoms with E-state index in [4.69, 9.17) is 0 Å². The van der Waals surface area contributed by atoms with Gasteiger partial charge in [-0.3, -0.25) is 4.79 Å². The van der Waals surface area contributed by atoms with E-state index in [0.29, 0.717) is 6.54 Å². The number of nitrogens with zero attached hydrogens (tertiary/aromatic N) is 1. The lowest BCUT2D eigenvalue weighted by Crippen LogP contribution is -2.29. The maximum Gasteiger partial charge on any atom is 0.251 e. The number of alkyl halides is 1. The summed E-state index contributed by atoms with van der Waals surface area (Å²) in [5, 5.41) is 11.0. The van der Waals surface area contributed by atoms with E-state index in [-0.39, 0.29) is 16.1 Å². The van der Waals surface area contributed by atoms with Gasteiger partial charge in [-0.25, -0.2) is 0 Å². The van der Waals surface area contributed by atoms with Crippen molar-refractivity contribution in [1.82, 2.24) is 4.57 Å². The van der Waals surface area contributed by atoms with E-state index in [1.807, 2.05) is 13.0 Å². The van der Waals surface area contributed by atoms with E-state index in [1.165, 1.54) is 0 Å². The number of hydrogen-bond donors (Lipinski definition) is 1. The summed E-state index contributed by atoms with van der Waals surface area (Å²) in [6, 6.07) is 5.26. The lowest BCUT2D eigenvalue weighted by Gasteiger charge is -2.24. The SMILES string of the molecule is Cc1cc(=O)n2c3c(c(O)ccc13)CC(Br)C2. The minimum absolute atomic E-state index is 0.00556. The van der Waals surface area contributed by atoms with Crippen molar-refractivity contribution in [2.45, 2.75) is 24.7 Å². The zero-order valence-electron chi connectivity index (χ0n) is 9.40. The molecule has 1 unspecified atom stereocenters. The predicted molar refractivity (Wildman–Crippen MR) is 71.0 cm³/mol. The lowest BCUT2D eigenvalue weighted by molar-refractivity contribution is 0.464. The van der Waals surface area contributed by atoms with E-state index >= 15 is 0 Å². The standard InChI is InChI=1S/C13H12BrNO2/c1-7-4-12(17)15-6-8(14)5-10-11(16)3-2-9(7)13(10)15/h2-4,8,16H,5-6H2,1H3. The van der Waals surface area contributed by atoms with Crippen LogP contribution in [0.5, 0.6) is 5.75 Å². The van der Waals surface area contributed by atoms with Crippen LogP contribution in [0.2, 0.25) is 0 Å². The monoisotopic (exact) mass is 293 g/mol. The Kier molecular flexibility index (Phi) is 2.30. The van der Waals surface area contributed by atoms with E-state index in [9.17, 15) is 9.90 Å². The van der Waals surface area contributed by atoms with Gasteiger partial charge in [-0.1, -0.05) is 15.9 Å². The Balaban J connectivity index is 2.54. The molecule has 4 heteroatoms. The van der Waals surface area contributed by atoms with Gasteiger partial charge in [-0.15, -0.1) is 0 Å². The highest BCUT2D eigenvalue weighted by molar-refractivity contribution is 9.09. The van der Waals surface area contributed by atoms with Gasteiger partial charge >= 0.3 is 0 Å². The fourth-order valence-electron chi connectivity index (χ4n) is 2.57. The van der Waals surface area contributed by atoms with Crippen molar-refractivity contribution in [3.63, 3.8) is 0 Å². The van der Waals surface area contributed by atoms with Gasteiger partial charge in [0, 0.05) is 28.4 Å². The predicted octanol–water partition coefficient (Wildman–Crippen LogP) is 2.34. The third kappa shape index (κ3) is 1.51. The molecule has 0 spiro atoms. The Morgan fingerprint density at radius 2 is 2.24 bits per heavy atom. The topological polar surface area (TPSA) is 42.2 Å². The van der Waals surface area contributed by atoms with Gasteiger partial charge in [0.15, 0.2) is 0 Å². The van der Waals surface area contributed by atoms with Gasteiger partial charge in [0.05, 0.1) is 5.52 Å². The minimum Gasteiger partial charge on any atom is -0.508 e. The summed E-state index contributed by atoms with van der Waals surface area (Å²) < 4.78 is 1.75. The molecule has 88 valence electrons. The van der Waals surface area contributed by atoms with Crippen molar-refractivity contribution >= 4 is 26.8 Å². The molecule has 3 rings (SSSR count). The van der Waals surface area contributed by atoms with Crippen LogP contribution in [0.4, 0.5) is 0 Å². The molecule has 2 aromatic rings. The number of phenols is 1. The first-order chi connectivity index (χ1) is 8.08. The third-order valence-electron chi connectivity index (χ3n) is 3.37. The molecule has 0 saturated carbocycles. The molecule has 1 aliphatic rings. The van der Waals surface area contributed by atoms with E-state index in [2.05, 4.69) is 15.9 Å². The van der Waals surface area contributed by atoms with Gasteiger partial charge in [-0.05, 0) is 31.0 Å². The van der Waals surface area contributed by atoms with Gasteiger partial charge in [-0.2, -0.15) is 0 Å². The second-order valence-electron chi connectivity index (χ2n) is 4.54. The molecule has 1 aromatic carbocycles. The van der Waals surface area contributed by atoms with Crippen molar-refractivity contribution in [3.05, 3.63) is 39.7 Å². The van der Waals surface area contributed by atoms with E-state index in [0.717, 1.165) is 28.5 Å². The summed E-state index contributed by atoms with van der Waals surface area (Å²) in [4.78, 5) is 12.2. The van der Waals surface area contributed by atoms with Crippen LogP contribution in [-0.2, 0) is 13.0 Å². The van der Waals surface area contributed by atoms with Crippen molar-refractivity contribution < 1.29 is 5.11 Å². The van der Waals surface area contributed by atoms with Crippen molar-refractivity contribution in [2.24, 2.45) is 0 Å². The molecular weight excluding hydrogens is 282 g/mol. The molecule has 0 aliphatic carbocycles. The molecule has 3 nitrogen and oxygen atoms in total. The molecule has 2 heterocycles. The zero-order chi connectivity index (χ0) is 12.2. The van der Waals surface area contributed by atoms with Crippen LogP contribution in [0.15, 0.2) is 23.0 Å². The number of aryl methyl sites for hydroxylation is 1. The first-order valence-corrected chi connectivity index (χ1v) is 6.48. The molecule has 0 radical (unpaired) electrons. The number of aromatic nitrogens is 1. The molecule has 1 atom stereocenters. The maximum absolute atomic E-state index is 12.0. The highest BCUT2D eigenvalue weighted by Crippen LogP contribution is 2.33. The second-order valence-corrected chi connectivity index (χ2v) is 5.83. The number of hydrogen-bond acceptors (Lipinski definition) is 2. The van der Waals surface area contributed by atoms with Gasteiger partial charge in [0.25, 0.3) is 5.56 Å². The van der Waals surface area contributed by atoms with Gasteiger partial charge in [0.2, 0.25) is 0 Å². The fourth-order valence-corrected chi connectivity index (χ4v) is 3.18. The molecular formula is C13H12BrNO2. The Morgan fingerprint density at radius 3 is 3.00 bits per heavy atom. The minimum atomic E-state index is 0.00556. The number of aromatic hydroxyl groups is 1. The summed E-state index contributed by atoms with van der Waals surface area (Å²) in [6.07, 6.45) is 0.756. The van der Waals surface area contributed by atoms with Crippen LogP contribution in [0.25, 0.3) is 10.9 Å². The van der Waals surface area contributed by atoms with Crippen molar-refractivity contribution in [2.75, 3.05) is 0 Å². The van der Waals surface area contributed by atoms with Crippen molar-refractivity contribution in [3.8, 4) is 5.75 Å². The summed E-state index contributed by atoms with van der Waals surface area (Å²) in [5.41, 5.74) is 2.74. The number of pyridine rings is 1. The normalized spacial score (nSPS) is 18.6. The zero-order valence-corrected chi connectivity index (χ0v) is 11.0. The number of phenolic OH excluding ortho intramolecular Hbond substituents is 1. The van der Waals surface area contributed by atoms with Crippen LogP contribution >= 0.6 is 15.9 Å². The quantitative estimate of drug-likeness (QED) is 0.758. The summed E-state index contributed by atoms with van der Waals surface area (Å²) >= 11 is 3.54. The first kappa shape index (κ1) is 10.8. The largest absolute Gasteiger partial charge is 0.508 e. The number of benzene rings is 1. The lowest BCUT2D eigenvalue weighted by atomic mass is 9.98. The molecule has 0 saturated heterocycles. The smallest absolute Gasteiger partial charge is 0.251 e. The molecule has 0 bridgehead atoms. The molecule has 1 N–H and O–H groups in total. The fraction of sp³-hybridized carbons (Fsp3) is 0.308. The Morgan fingerprint density at radius 1 is 1.47 bits per heavy atom. The van der Waals surface area contributed by atoms with Crippen LogP contribution in [0.3, 0.4) is 0 Å². The van der Waals surface area contributed by atoms with Gasteiger partial charge < -0.3 is 9.67 Å². The molecule has 0 fully saturated rings. The van der Waals surface area contributed by atoms with Crippen LogP contribution < -0.4 is 5.56 Å². The average Bonchev–Trinajstić information content (AvgIpc) is 2.27. The van der Waals surface area contributed by atoms with E-state index in [1.54, 1.807) is 16.7 Å². The number of rotatable bonds is 0. The van der Waals surface area contributed by atoms with Gasteiger partial charge in [0.1, 0.15) is 5.75 Å². The van der Waals surface area contributed by atoms with Crippen LogP contribution in [0.1, 0.15) is 11.1 Å². The summed E-state index contributed by atoms with van der Waals surface area (Å²) in [7, 11) is 0. The molecule has 0 amide bonds. The van der Waals surface area contributed by atoms with Crippen molar-refractivity contribution in [1.29, 1.82) is 0 Å². The van der Waals surface area contributed by atoms with E-state index < -0.39 is 0 Å². The highest BCUT2D eigenvalue weighted by Gasteiger charge is 2.22. The Labute approximate surface area is 107 Å². The van der Waals surface area contributed by atoms with Crippen LogP contribution in [0, 0.1) is 6.92 Å². The second kappa shape index (κ2) is 3.60. The maximum atomic E-state index is 12.0. The summed E-state index contributed by atoms with van der Waals surface area (Å²) in [6.45, 7) is 2.59. The Bertz CT molecular complexity index is 675. The molecule has 17 heavy (non-hydrogen) atoms.